The second kappa shape index (κ2) is 6.24. The number of hydrogen-bond donors (Lipinski definition) is 1. The van der Waals surface area contributed by atoms with Gasteiger partial charge in [-0.05, 0) is 42.7 Å². The van der Waals surface area contributed by atoms with Gasteiger partial charge in [0.25, 0.3) is 5.56 Å². The van der Waals surface area contributed by atoms with E-state index in [1.807, 2.05) is 12.1 Å². The molecule has 0 radical (unpaired) electrons. The number of halogens is 1. The van der Waals surface area contributed by atoms with E-state index in [1.165, 1.54) is 0 Å². The second-order valence-electron chi connectivity index (χ2n) is 7.54. The normalized spacial score (nSPS) is 19.7. The Bertz CT molecular complexity index is 1280. The number of cyclic esters (lactones) is 1. The molecule has 0 saturated heterocycles. The summed E-state index contributed by atoms with van der Waals surface area (Å²) >= 11 is 3.53. The van der Waals surface area contributed by atoms with Gasteiger partial charge in [-0.2, -0.15) is 0 Å². The van der Waals surface area contributed by atoms with Crippen molar-refractivity contribution >= 4 is 32.8 Å². The second-order valence-corrected chi connectivity index (χ2v) is 8.45. The van der Waals surface area contributed by atoms with Gasteiger partial charge in [0, 0.05) is 21.0 Å². The lowest BCUT2D eigenvalue weighted by Gasteiger charge is -2.31. The van der Waals surface area contributed by atoms with Gasteiger partial charge in [0.1, 0.15) is 6.61 Å². The Labute approximate surface area is 175 Å². The minimum atomic E-state index is -1.81. The number of carbonyl (C=O) groups excluding carboxylic acids is 1. The smallest absolute Gasteiger partial charge is 0.343 e. The number of ether oxygens (including phenoxy) is 1. The van der Waals surface area contributed by atoms with Crippen LogP contribution in [0.2, 0.25) is 0 Å². The number of fused-ring (bicyclic) bond motifs is 5. The van der Waals surface area contributed by atoms with Gasteiger partial charge in [0.05, 0.1) is 29.0 Å². The summed E-state index contributed by atoms with van der Waals surface area (Å²) < 4.78 is 7.79. The van der Waals surface area contributed by atoms with Gasteiger partial charge in [0.15, 0.2) is 5.60 Å². The summed E-state index contributed by atoms with van der Waals surface area (Å²) in [6.07, 6.45) is 0.939. The molecule has 5 rings (SSSR count). The number of aryl methyl sites for hydroxylation is 1. The molecule has 1 atom stereocenters. The summed E-state index contributed by atoms with van der Waals surface area (Å²) in [5.41, 5.74) is 3.07. The van der Waals surface area contributed by atoms with Gasteiger partial charge >= 0.3 is 5.97 Å². The van der Waals surface area contributed by atoms with E-state index in [2.05, 4.69) is 28.9 Å². The number of esters is 1. The molecule has 2 aliphatic heterocycles. The van der Waals surface area contributed by atoms with E-state index >= 15 is 0 Å². The third kappa shape index (κ3) is 2.40. The fourth-order valence-electron chi connectivity index (χ4n) is 4.54. The molecule has 0 spiro atoms. The monoisotopic (exact) mass is 454 g/mol. The van der Waals surface area contributed by atoms with Crippen molar-refractivity contribution < 1.29 is 14.6 Å². The summed E-state index contributed by atoms with van der Waals surface area (Å²) in [7, 11) is 0. The number of benzene rings is 1. The molecule has 4 heterocycles. The van der Waals surface area contributed by atoms with E-state index in [9.17, 15) is 14.7 Å². The number of pyridine rings is 2. The van der Waals surface area contributed by atoms with E-state index in [1.54, 1.807) is 17.6 Å². The van der Waals surface area contributed by atoms with Crippen LogP contribution in [-0.4, -0.2) is 20.6 Å². The topological polar surface area (TPSA) is 81.4 Å². The van der Waals surface area contributed by atoms with Crippen LogP contribution in [0.15, 0.2) is 33.5 Å². The molecule has 2 aromatic heterocycles. The number of aliphatic hydroxyl groups is 1. The average Bonchev–Trinajstić information content (AvgIpc) is 3.08. The molecule has 0 saturated carbocycles. The summed E-state index contributed by atoms with van der Waals surface area (Å²) in [6, 6.07) is 7.71. The van der Waals surface area contributed by atoms with Crippen LogP contribution in [0.3, 0.4) is 0 Å². The first-order chi connectivity index (χ1) is 13.9. The Balaban J connectivity index is 1.84. The van der Waals surface area contributed by atoms with Gasteiger partial charge in [-0.25, -0.2) is 9.78 Å². The minimum absolute atomic E-state index is 0.116. The van der Waals surface area contributed by atoms with Crippen LogP contribution in [0.4, 0.5) is 0 Å². The van der Waals surface area contributed by atoms with Crippen molar-refractivity contribution in [1.29, 1.82) is 0 Å². The van der Waals surface area contributed by atoms with Crippen LogP contribution < -0.4 is 5.56 Å². The third-order valence-corrected chi connectivity index (χ3v) is 6.61. The standard InChI is InChI=1S/C22H19BrN2O4/c1-3-12-13-7-11(23)5-6-17(13)24-19-14(12)9-25-18(19)8-16-15(20(25)26)10-29-21(27)22(16,28)4-2/h5-8,28H,3-4,9-10H2,1-2H3/t22-/m0/s1. The van der Waals surface area contributed by atoms with Crippen LogP contribution in [0, 0.1) is 0 Å². The van der Waals surface area contributed by atoms with Crippen molar-refractivity contribution in [2.45, 2.75) is 45.4 Å². The molecular weight excluding hydrogens is 436 g/mol. The van der Waals surface area contributed by atoms with Crippen LogP contribution >= 0.6 is 15.9 Å². The molecule has 6 nitrogen and oxygen atoms in total. The Morgan fingerprint density at radius 1 is 1.24 bits per heavy atom. The molecule has 0 fully saturated rings. The fourth-order valence-corrected chi connectivity index (χ4v) is 4.90. The van der Waals surface area contributed by atoms with E-state index in [0.29, 0.717) is 23.4 Å². The Morgan fingerprint density at radius 2 is 2.03 bits per heavy atom. The zero-order valence-corrected chi connectivity index (χ0v) is 17.7. The first kappa shape index (κ1) is 18.5. The number of aromatic nitrogens is 2. The molecular formula is C22H19BrN2O4. The molecule has 2 aliphatic rings. The number of hydrogen-bond acceptors (Lipinski definition) is 5. The highest BCUT2D eigenvalue weighted by Crippen LogP contribution is 2.40. The molecule has 1 N–H and O–H groups in total. The molecule has 0 aliphatic carbocycles. The fraction of sp³-hybridized carbons (Fsp3) is 0.318. The Morgan fingerprint density at radius 3 is 2.76 bits per heavy atom. The summed E-state index contributed by atoms with van der Waals surface area (Å²) in [6.45, 7) is 4.10. The summed E-state index contributed by atoms with van der Waals surface area (Å²) in [4.78, 5) is 30.4. The molecule has 7 heteroatoms. The van der Waals surface area contributed by atoms with Crippen molar-refractivity contribution in [2.24, 2.45) is 0 Å². The maximum absolute atomic E-state index is 13.3. The number of carbonyl (C=O) groups is 1. The summed E-state index contributed by atoms with van der Waals surface area (Å²) in [5, 5.41) is 12.0. The third-order valence-electron chi connectivity index (χ3n) is 6.12. The lowest BCUT2D eigenvalue weighted by atomic mass is 9.86. The van der Waals surface area contributed by atoms with Gasteiger partial charge in [-0.3, -0.25) is 4.79 Å². The first-order valence-corrected chi connectivity index (χ1v) is 10.5. The van der Waals surface area contributed by atoms with Crippen LogP contribution in [0.25, 0.3) is 22.3 Å². The van der Waals surface area contributed by atoms with Gasteiger partial charge in [-0.1, -0.05) is 29.8 Å². The van der Waals surface area contributed by atoms with Crippen LogP contribution in [-0.2, 0) is 34.7 Å². The lowest BCUT2D eigenvalue weighted by Crippen LogP contribution is -2.44. The van der Waals surface area contributed by atoms with Crippen molar-refractivity contribution in [3.63, 3.8) is 0 Å². The van der Waals surface area contributed by atoms with Crippen molar-refractivity contribution in [3.05, 3.63) is 61.3 Å². The highest BCUT2D eigenvalue weighted by atomic mass is 79.9. The largest absolute Gasteiger partial charge is 0.458 e. The molecule has 3 aromatic rings. The molecule has 29 heavy (non-hydrogen) atoms. The SMILES string of the molecule is CCc1c2c(nc3ccc(Br)cc13)-c1cc3c(c(=O)n1C2)COC(=O)[C@]3(O)CC. The van der Waals surface area contributed by atoms with Gasteiger partial charge in [0.2, 0.25) is 0 Å². The van der Waals surface area contributed by atoms with E-state index in [0.717, 1.165) is 38.6 Å². The zero-order valence-electron chi connectivity index (χ0n) is 16.1. The first-order valence-electron chi connectivity index (χ1n) is 9.67. The maximum atomic E-state index is 13.3. The molecule has 1 aromatic carbocycles. The Hall–Kier alpha value is -2.51. The van der Waals surface area contributed by atoms with E-state index in [-0.39, 0.29) is 18.6 Å². The quantitative estimate of drug-likeness (QED) is 0.469. The van der Waals surface area contributed by atoms with E-state index in [4.69, 9.17) is 9.72 Å². The predicted molar refractivity (Wildman–Crippen MR) is 112 cm³/mol. The van der Waals surface area contributed by atoms with Crippen molar-refractivity contribution in [2.75, 3.05) is 0 Å². The molecule has 148 valence electrons. The van der Waals surface area contributed by atoms with Crippen LogP contribution in [0.1, 0.15) is 42.5 Å². The molecule has 0 bridgehead atoms. The lowest BCUT2D eigenvalue weighted by molar-refractivity contribution is -0.172. The Kier molecular flexibility index (Phi) is 3.98. The number of nitrogens with zero attached hydrogens (tertiary/aromatic N) is 2. The van der Waals surface area contributed by atoms with Gasteiger partial charge in [-0.15, -0.1) is 0 Å². The minimum Gasteiger partial charge on any atom is -0.458 e. The predicted octanol–water partition coefficient (Wildman–Crippen LogP) is 3.40. The zero-order chi connectivity index (χ0) is 20.5. The average molecular weight is 455 g/mol. The highest BCUT2D eigenvalue weighted by Gasteiger charge is 2.45. The van der Waals surface area contributed by atoms with Crippen LogP contribution in [0.5, 0.6) is 0 Å². The maximum Gasteiger partial charge on any atom is 0.343 e. The van der Waals surface area contributed by atoms with E-state index < -0.39 is 11.6 Å². The van der Waals surface area contributed by atoms with Crippen molar-refractivity contribution in [1.82, 2.24) is 9.55 Å². The highest BCUT2D eigenvalue weighted by molar-refractivity contribution is 9.10. The van der Waals surface area contributed by atoms with Gasteiger partial charge < -0.3 is 14.4 Å². The number of rotatable bonds is 2. The summed E-state index contributed by atoms with van der Waals surface area (Å²) in [5.74, 6) is -0.708. The molecule has 0 amide bonds. The van der Waals surface area contributed by atoms with Crippen molar-refractivity contribution in [3.8, 4) is 11.4 Å². The molecule has 0 unspecified atom stereocenters.